The zero-order valence-corrected chi connectivity index (χ0v) is 8.60. The molecule has 2 heteroatoms. The van der Waals surface area contributed by atoms with Gasteiger partial charge in [-0.3, -0.25) is 0 Å². The van der Waals surface area contributed by atoms with Gasteiger partial charge in [0.25, 0.3) is 0 Å². The van der Waals surface area contributed by atoms with Crippen molar-refractivity contribution in [1.29, 1.82) is 0 Å². The summed E-state index contributed by atoms with van der Waals surface area (Å²) >= 11 is 0. The van der Waals surface area contributed by atoms with Crippen molar-refractivity contribution >= 4 is 22.8 Å². The fourth-order valence-electron chi connectivity index (χ4n) is 2.34. The fourth-order valence-corrected chi connectivity index (χ4v) is 2.34. The van der Waals surface area contributed by atoms with Gasteiger partial charge in [-0.15, -0.1) is 0 Å². The molecule has 0 radical (unpaired) electrons. The largest absolute Gasteiger partial charge is 0.478 e. The number of rotatable bonds is 1. The number of carbonyl (C=O) groups is 1. The number of hydrogen-bond acceptors (Lipinski definition) is 1. The van der Waals surface area contributed by atoms with Gasteiger partial charge in [-0.25, -0.2) is 4.79 Å². The molecule has 0 heterocycles. The molecule has 2 aromatic carbocycles. The Bertz CT molecular complexity index is 624. The van der Waals surface area contributed by atoms with Gasteiger partial charge in [-0.2, -0.15) is 0 Å². The van der Waals surface area contributed by atoms with E-state index >= 15 is 0 Å². The second-order valence-corrected chi connectivity index (χ2v) is 3.95. The van der Waals surface area contributed by atoms with E-state index < -0.39 is 5.97 Å². The molecule has 3 rings (SSSR count). The Morgan fingerprint density at radius 2 is 2.06 bits per heavy atom. The van der Waals surface area contributed by atoms with Crippen LogP contribution in [0.4, 0.5) is 0 Å². The first-order valence-electron chi connectivity index (χ1n) is 5.22. The molecule has 2 nitrogen and oxygen atoms in total. The summed E-state index contributed by atoms with van der Waals surface area (Å²) < 4.78 is 0. The Morgan fingerprint density at radius 3 is 2.88 bits per heavy atom. The van der Waals surface area contributed by atoms with Crippen LogP contribution >= 0.6 is 0 Å². The number of benzene rings is 2. The molecular weight excluding hydrogens is 200 g/mol. The van der Waals surface area contributed by atoms with Crippen LogP contribution in [-0.4, -0.2) is 11.1 Å². The molecule has 1 aliphatic carbocycles. The van der Waals surface area contributed by atoms with Crippen molar-refractivity contribution < 1.29 is 9.90 Å². The predicted molar refractivity (Wildman–Crippen MR) is 63.6 cm³/mol. The Hall–Kier alpha value is -2.09. The number of hydrogen-bond donors (Lipinski definition) is 1. The molecule has 0 atom stereocenters. The normalized spacial score (nSPS) is 13.0. The van der Waals surface area contributed by atoms with Gasteiger partial charge in [-0.05, 0) is 34.4 Å². The van der Waals surface area contributed by atoms with Crippen LogP contribution in [0.2, 0.25) is 0 Å². The summed E-state index contributed by atoms with van der Waals surface area (Å²) in [5, 5.41) is 11.3. The number of carboxylic acid groups (broad SMARTS) is 1. The van der Waals surface area contributed by atoms with E-state index in [1.54, 1.807) is 6.07 Å². The predicted octanol–water partition coefficient (Wildman–Crippen LogP) is 3.11. The smallest absolute Gasteiger partial charge is 0.335 e. The maximum absolute atomic E-state index is 11.1. The second kappa shape index (κ2) is 3.20. The number of allylic oxidation sites excluding steroid dienone is 1. The maximum Gasteiger partial charge on any atom is 0.335 e. The Labute approximate surface area is 92.8 Å². The van der Waals surface area contributed by atoms with E-state index in [-0.39, 0.29) is 0 Å². The molecule has 0 unspecified atom stereocenters. The Morgan fingerprint density at radius 1 is 1.19 bits per heavy atom. The van der Waals surface area contributed by atoms with E-state index in [9.17, 15) is 4.79 Å². The molecular formula is C14H10O2. The van der Waals surface area contributed by atoms with Crippen LogP contribution in [-0.2, 0) is 6.42 Å². The minimum Gasteiger partial charge on any atom is -0.478 e. The molecule has 0 spiro atoms. The molecule has 0 saturated carbocycles. The summed E-state index contributed by atoms with van der Waals surface area (Å²) in [5.41, 5.74) is 2.47. The van der Waals surface area contributed by atoms with E-state index in [2.05, 4.69) is 6.08 Å². The lowest BCUT2D eigenvalue weighted by molar-refractivity contribution is 0.0696. The maximum atomic E-state index is 11.1. The van der Waals surface area contributed by atoms with E-state index in [0.29, 0.717) is 12.0 Å². The van der Waals surface area contributed by atoms with Gasteiger partial charge in [0.2, 0.25) is 0 Å². The summed E-state index contributed by atoms with van der Waals surface area (Å²) in [7, 11) is 0. The SMILES string of the molecule is O=C(O)c1ccc2cccc3c2c1CC=C3. The third kappa shape index (κ3) is 1.16. The highest BCUT2D eigenvalue weighted by Crippen LogP contribution is 2.30. The average molecular weight is 210 g/mol. The van der Waals surface area contributed by atoms with Crippen molar-refractivity contribution in [2.45, 2.75) is 6.42 Å². The first kappa shape index (κ1) is 9.16. The monoisotopic (exact) mass is 210 g/mol. The molecule has 0 saturated heterocycles. The van der Waals surface area contributed by atoms with Crippen molar-refractivity contribution in [1.82, 2.24) is 0 Å². The standard InChI is InChI=1S/C14H10O2/c15-14(16)12-8-7-10-4-1-3-9-5-2-6-11(12)13(9)10/h1-5,7-8H,6H2,(H,15,16). The molecule has 0 aromatic heterocycles. The molecule has 0 aliphatic heterocycles. The minimum absolute atomic E-state index is 0.421. The van der Waals surface area contributed by atoms with E-state index in [0.717, 1.165) is 21.9 Å². The summed E-state index contributed by atoms with van der Waals surface area (Å²) in [5.74, 6) is -0.845. The highest BCUT2D eigenvalue weighted by atomic mass is 16.4. The van der Waals surface area contributed by atoms with Crippen LogP contribution in [0.1, 0.15) is 21.5 Å². The summed E-state index contributed by atoms with van der Waals surface area (Å²) in [6, 6.07) is 9.62. The van der Waals surface area contributed by atoms with Gasteiger partial charge in [0.05, 0.1) is 5.56 Å². The third-order valence-electron chi connectivity index (χ3n) is 3.04. The first-order chi connectivity index (χ1) is 7.77. The summed E-state index contributed by atoms with van der Waals surface area (Å²) in [4.78, 5) is 11.1. The lowest BCUT2D eigenvalue weighted by Crippen LogP contribution is -2.04. The molecule has 0 fully saturated rings. The Kier molecular flexibility index (Phi) is 1.83. The Balaban J connectivity index is 2.47. The third-order valence-corrected chi connectivity index (χ3v) is 3.04. The van der Waals surface area contributed by atoms with E-state index in [1.165, 1.54) is 0 Å². The quantitative estimate of drug-likeness (QED) is 0.785. The second-order valence-electron chi connectivity index (χ2n) is 3.95. The number of aromatic carboxylic acids is 1. The number of carboxylic acids is 1. The minimum atomic E-state index is -0.845. The van der Waals surface area contributed by atoms with Gasteiger partial charge in [0.1, 0.15) is 0 Å². The first-order valence-corrected chi connectivity index (χ1v) is 5.22. The van der Waals surface area contributed by atoms with Crippen LogP contribution in [0.5, 0.6) is 0 Å². The summed E-state index contributed by atoms with van der Waals surface area (Å²) in [6.07, 6.45) is 4.78. The van der Waals surface area contributed by atoms with Crippen LogP contribution < -0.4 is 0 Å². The molecule has 2 aromatic rings. The van der Waals surface area contributed by atoms with E-state index in [1.807, 2.05) is 30.3 Å². The summed E-state index contributed by atoms with van der Waals surface area (Å²) in [6.45, 7) is 0. The lowest BCUT2D eigenvalue weighted by atomic mass is 9.90. The molecule has 78 valence electrons. The fraction of sp³-hybridized carbons (Fsp3) is 0.0714. The highest BCUT2D eigenvalue weighted by Gasteiger charge is 2.15. The van der Waals surface area contributed by atoms with Gasteiger partial charge in [0, 0.05) is 0 Å². The van der Waals surface area contributed by atoms with Crippen molar-refractivity contribution in [3.05, 3.63) is 53.1 Å². The molecule has 16 heavy (non-hydrogen) atoms. The van der Waals surface area contributed by atoms with Crippen molar-refractivity contribution in [3.8, 4) is 0 Å². The van der Waals surface area contributed by atoms with Crippen LogP contribution in [0.25, 0.3) is 16.8 Å². The lowest BCUT2D eigenvalue weighted by Gasteiger charge is -2.14. The topological polar surface area (TPSA) is 37.3 Å². The zero-order chi connectivity index (χ0) is 11.1. The van der Waals surface area contributed by atoms with Gasteiger partial charge >= 0.3 is 5.97 Å². The molecule has 0 amide bonds. The van der Waals surface area contributed by atoms with Crippen molar-refractivity contribution in [2.24, 2.45) is 0 Å². The zero-order valence-electron chi connectivity index (χ0n) is 8.60. The molecule has 1 N–H and O–H groups in total. The van der Waals surface area contributed by atoms with Crippen molar-refractivity contribution in [2.75, 3.05) is 0 Å². The average Bonchev–Trinajstić information content (AvgIpc) is 2.30. The van der Waals surface area contributed by atoms with Gasteiger partial charge in [-0.1, -0.05) is 36.4 Å². The van der Waals surface area contributed by atoms with Gasteiger partial charge in [0.15, 0.2) is 0 Å². The molecule has 1 aliphatic rings. The van der Waals surface area contributed by atoms with Crippen LogP contribution in [0, 0.1) is 0 Å². The molecule has 0 bridgehead atoms. The van der Waals surface area contributed by atoms with Gasteiger partial charge < -0.3 is 5.11 Å². The van der Waals surface area contributed by atoms with Crippen LogP contribution in [0.3, 0.4) is 0 Å². The van der Waals surface area contributed by atoms with Crippen molar-refractivity contribution in [3.63, 3.8) is 0 Å². The van der Waals surface area contributed by atoms with Crippen LogP contribution in [0.15, 0.2) is 36.4 Å². The van der Waals surface area contributed by atoms with E-state index in [4.69, 9.17) is 5.11 Å². The highest BCUT2D eigenvalue weighted by molar-refractivity contribution is 6.02.